The summed E-state index contributed by atoms with van der Waals surface area (Å²) < 4.78 is 6.35. The molecule has 0 amide bonds. The van der Waals surface area contributed by atoms with Gasteiger partial charge in [-0.1, -0.05) is 92.6 Å². The Morgan fingerprint density at radius 3 is 2.32 bits per heavy atom. The molecule has 0 radical (unpaired) electrons. The molecular weight excluding hydrogens is 476 g/mol. The predicted octanol–water partition coefficient (Wildman–Crippen LogP) is 4.84. The SMILES string of the molecule is CCC(C)C(N)C(=O)OC1(N)c2ccccc2CC1(Cc1ccc(C(=O)O)cc1)C1=Cc2ccccc2C1. The Hall–Kier alpha value is -3.74. The molecule has 3 aromatic rings. The van der Waals surface area contributed by atoms with E-state index >= 15 is 0 Å². The lowest BCUT2D eigenvalue weighted by molar-refractivity contribution is -0.176. The van der Waals surface area contributed by atoms with Gasteiger partial charge in [0.25, 0.3) is 0 Å². The first-order valence-corrected chi connectivity index (χ1v) is 13.2. The average Bonchev–Trinajstić information content (AvgIpc) is 3.46. The monoisotopic (exact) mass is 510 g/mol. The Balaban J connectivity index is 1.65. The van der Waals surface area contributed by atoms with Crippen molar-refractivity contribution in [2.75, 3.05) is 0 Å². The Labute approximate surface area is 223 Å². The number of ether oxygens (including phenoxy) is 1. The molecule has 0 aromatic heterocycles. The molecule has 3 aromatic carbocycles. The van der Waals surface area contributed by atoms with E-state index in [2.05, 4.69) is 18.2 Å². The van der Waals surface area contributed by atoms with E-state index in [1.807, 2.05) is 62.4 Å². The highest BCUT2D eigenvalue weighted by atomic mass is 16.6. The third-order valence-electron chi connectivity index (χ3n) is 8.50. The molecule has 6 heteroatoms. The van der Waals surface area contributed by atoms with E-state index in [9.17, 15) is 14.7 Å². The summed E-state index contributed by atoms with van der Waals surface area (Å²) in [7, 11) is 0. The highest BCUT2D eigenvalue weighted by Gasteiger charge is 2.61. The van der Waals surface area contributed by atoms with Crippen LogP contribution in [0.4, 0.5) is 0 Å². The van der Waals surface area contributed by atoms with Gasteiger partial charge >= 0.3 is 11.9 Å². The molecule has 2 aliphatic rings. The molecule has 2 aliphatic carbocycles. The number of hydrogen-bond donors (Lipinski definition) is 3. The van der Waals surface area contributed by atoms with Crippen LogP contribution in [0.25, 0.3) is 6.08 Å². The first-order valence-electron chi connectivity index (χ1n) is 13.2. The van der Waals surface area contributed by atoms with Crippen LogP contribution in [0.1, 0.15) is 58.4 Å². The van der Waals surface area contributed by atoms with Crippen LogP contribution in [0.5, 0.6) is 0 Å². The number of benzene rings is 3. The molecule has 0 fully saturated rings. The molecule has 0 bridgehead atoms. The van der Waals surface area contributed by atoms with E-state index in [-0.39, 0.29) is 11.5 Å². The van der Waals surface area contributed by atoms with Gasteiger partial charge in [-0.25, -0.2) is 4.79 Å². The Bertz CT molecular complexity index is 1410. The Morgan fingerprint density at radius 1 is 1.00 bits per heavy atom. The number of carbonyl (C=O) groups is 2. The van der Waals surface area contributed by atoms with E-state index in [1.165, 1.54) is 5.56 Å². The summed E-state index contributed by atoms with van der Waals surface area (Å²) in [4.78, 5) is 25.0. The molecule has 0 saturated heterocycles. The predicted molar refractivity (Wildman–Crippen MR) is 147 cm³/mol. The maximum atomic E-state index is 13.5. The van der Waals surface area contributed by atoms with Gasteiger partial charge in [0.1, 0.15) is 6.04 Å². The normalized spacial score (nSPS) is 23.2. The minimum atomic E-state index is -1.47. The molecular formula is C32H34N2O4. The van der Waals surface area contributed by atoms with Crippen molar-refractivity contribution < 1.29 is 19.4 Å². The lowest BCUT2D eigenvalue weighted by Crippen LogP contribution is -2.57. The van der Waals surface area contributed by atoms with E-state index in [0.29, 0.717) is 19.3 Å². The fourth-order valence-corrected chi connectivity index (χ4v) is 5.98. The largest absolute Gasteiger partial charge is 0.478 e. The average molecular weight is 511 g/mol. The van der Waals surface area contributed by atoms with E-state index < -0.39 is 29.1 Å². The third kappa shape index (κ3) is 4.24. The minimum absolute atomic E-state index is 0.0596. The second kappa shape index (κ2) is 9.86. The molecule has 4 atom stereocenters. The summed E-state index contributed by atoms with van der Waals surface area (Å²) in [5.74, 6) is -1.55. The van der Waals surface area contributed by atoms with Gasteiger partial charge in [0.05, 0.1) is 11.0 Å². The van der Waals surface area contributed by atoms with Crippen molar-refractivity contribution in [2.24, 2.45) is 22.8 Å². The second-order valence-electron chi connectivity index (χ2n) is 10.7. The fourth-order valence-electron chi connectivity index (χ4n) is 5.98. The molecule has 6 nitrogen and oxygen atoms in total. The van der Waals surface area contributed by atoms with Crippen LogP contribution in [0.3, 0.4) is 0 Å². The van der Waals surface area contributed by atoms with Crippen molar-refractivity contribution in [2.45, 2.75) is 51.3 Å². The molecule has 5 N–H and O–H groups in total. The van der Waals surface area contributed by atoms with Crippen molar-refractivity contribution >= 4 is 18.0 Å². The van der Waals surface area contributed by atoms with Crippen molar-refractivity contribution in [3.8, 4) is 0 Å². The zero-order chi connectivity index (χ0) is 27.1. The number of rotatable bonds is 8. The lowest BCUT2D eigenvalue weighted by Gasteiger charge is -2.45. The van der Waals surface area contributed by atoms with Gasteiger partial charge < -0.3 is 15.6 Å². The molecule has 0 heterocycles. The van der Waals surface area contributed by atoms with Crippen molar-refractivity contribution in [1.82, 2.24) is 0 Å². The maximum absolute atomic E-state index is 13.5. The van der Waals surface area contributed by atoms with Gasteiger partial charge in [0, 0.05) is 5.56 Å². The van der Waals surface area contributed by atoms with Crippen molar-refractivity contribution in [3.05, 3.63) is 112 Å². The molecule has 5 rings (SSSR count). The van der Waals surface area contributed by atoms with Crippen LogP contribution in [0.15, 0.2) is 78.4 Å². The van der Waals surface area contributed by atoms with Gasteiger partial charge in [-0.3, -0.25) is 10.5 Å². The number of carbonyl (C=O) groups excluding carboxylic acids is 1. The zero-order valence-corrected chi connectivity index (χ0v) is 21.8. The van der Waals surface area contributed by atoms with Crippen LogP contribution in [-0.2, 0) is 34.5 Å². The quantitative estimate of drug-likeness (QED) is 0.295. The summed E-state index contributed by atoms with van der Waals surface area (Å²) in [5, 5.41) is 9.40. The Morgan fingerprint density at radius 2 is 1.66 bits per heavy atom. The summed E-state index contributed by atoms with van der Waals surface area (Å²) in [6.07, 6.45) is 4.64. The highest BCUT2D eigenvalue weighted by molar-refractivity contribution is 5.87. The van der Waals surface area contributed by atoms with Crippen LogP contribution < -0.4 is 11.5 Å². The third-order valence-corrected chi connectivity index (χ3v) is 8.50. The van der Waals surface area contributed by atoms with Crippen molar-refractivity contribution in [1.29, 1.82) is 0 Å². The highest BCUT2D eigenvalue weighted by Crippen LogP contribution is 2.57. The number of carboxylic acids is 1. The standard InChI is InChI=1S/C32H34N2O4/c1-3-20(2)28(33)30(37)38-32(34)27-11-7-6-10-25(27)19-31(32,18-21-12-14-22(15-13-21)29(35)36)26-16-23-8-4-5-9-24(23)17-26/h4-16,20,28H,3,17-19,33-34H2,1-2H3,(H,35,36). The second-order valence-corrected chi connectivity index (χ2v) is 10.7. The maximum Gasteiger partial charge on any atom is 0.335 e. The smallest absolute Gasteiger partial charge is 0.335 e. The number of aromatic carboxylic acids is 1. The number of esters is 1. The zero-order valence-electron chi connectivity index (χ0n) is 21.8. The van der Waals surface area contributed by atoms with Gasteiger partial charge in [0.2, 0.25) is 0 Å². The van der Waals surface area contributed by atoms with Gasteiger partial charge in [-0.05, 0) is 59.6 Å². The molecule has 196 valence electrons. The van der Waals surface area contributed by atoms with Gasteiger partial charge in [0.15, 0.2) is 5.72 Å². The first-order chi connectivity index (χ1) is 18.2. The molecule has 0 saturated carbocycles. The van der Waals surface area contributed by atoms with Crippen molar-refractivity contribution in [3.63, 3.8) is 0 Å². The van der Waals surface area contributed by atoms with Crippen LogP contribution in [-0.4, -0.2) is 23.1 Å². The van der Waals surface area contributed by atoms with E-state index in [0.717, 1.165) is 34.2 Å². The Kier molecular flexibility index (Phi) is 6.72. The van der Waals surface area contributed by atoms with Gasteiger partial charge in [-0.15, -0.1) is 0 Å². The van der Waals surface area contributed by atoms with Crippen LogP contribution >= 0.6 is 0 Å². The number of fused-ring (bicyclic) bond motifs is 2. The summed E-state index contributed by atoms with van der Waals surface area (Å²) in [6, 6.07) is 22.2. The van der Waals surface area contributed by atoms with Gasteiger partial charge in [-0.2, -0.15) is 0 Å². The van der Waals surface area contributed by atoms with Crippen LogP contribution in [0, 0.1) is 11.3 Å². The van der Waals surface area contributed by atoms with Crippen LogP contribution in [0.2, 0.25) is 0 Å². The number of carboxylic acid groups (broad SMARTS) is 1. The van der Waals surface area contributed by atoms with E-state index in [1.54, 1.807) is 12.1 Å². The fraction of sp³-hybridized carbons (Fsp3) is 0.312. The summed E-state index contributed by atoms with van der Waals surface area (Å²) in [6.45, 7) is 3.93. The van der Waals surface area contributed by atoms with E-state index in [4.69, 9.17) is 16.2 Å². The molecule has 0 aliphatic heterocycles. The molecule has 0 spiro atoms. The minimum Gasteiger partial charge on any atom is -0.478 e. The molecule has 38 heavy (non-hydrogen) atoms. The number of nitrogens with two attached hydrogens (primary N) is 2. The lowest BCUT2D eigenvalue weighted by atomic mass is 9.67. The summed E-state index contributed by atoms with van der Waals surface area (Å²) in [5.41, 5.74) is 17.8. The first kappa shape index (κ1) is 25.9. The summed E-state index contributed by atoms with van der Waals surface area (Å²) >= 11 is 0. The topological polar surface area (TPSA) is 116 Å². The molecule has 4 unspecified atom stereocenters. The number of hydrogen-bond acceptors (Lipinski definition) is 5.